The lowest BCUT2D eigenvalue weighted by molar-refractivity contribution is 0.0697. The molecule has 0 atom stereocenters. The summed E-state index contributed by atoms with van der Waals surface area (Å²) in [5, 5.41) is 2.74. The Labute approximate surface area is 149 Å². The van der Waals surface area contributed by atoms with Crippen molar-refractivity contribution in [2.75, 3.05) is 18.4 Å². The number of rotatable bonds is 3. The van der Waals surface area contributed by atoms with Crippen LogP contribution in [0.3, 0.4) is 0 Å². The van der Waals surface area contributed by atoms with E-state index in [0.29, 0.717) is 21.8 Å². The first-order valence-electron chi connectivity index (χ1n) is 7.99. The van der Waals surface area contributed by atoms with Crippen molar-refractivity contribution >= 4 is 33.4 Å². The molecule has 0 spiro atoms. The van der Waals surface area contributed by atoms with Gasteiger partial charge in [0.15, 0.2) is 10.4 Å². The van der Waals surface area contributed by atoms with Gasteiger partial charge in [-0.05, 0) is 71.1 Å². The Morgan fingerprint density at radius 3 is 2.38 bits per heavy atom. The van der Waals surface area contributed by atoms with E-state index in [1.165, 1.54) is 0 Å². The van der Waals surface area contributed by atoms with Crippen LogP contribution in [-0.4, -0.2) is 29.8 Å². The van der Waals surface area contributed by atoms with Crippen LogP contribution in [0.25, 0.3) is 0 Å². The van der Waals surface area contributed by atoms with Crippen molar-refractivity contribution in [3.63, 3.8) is 0 Å². The second-order valence-electron chi connectivity index (χ2n) is 6.11. The third kappa shape index (κ3) is 3.87. The van der Waals surface area contributed by atoms with Gasteiger partial charge < -0.3 is 14.6 Å². The Morgan fingerprint density at radius 1 is 1.12 bits per heavy atom. The fraction of sp³-hybridized carbons (Fsp3) is 0.333. The number of hydrogen-bond acceptors (Lipinski definition) is 3. The molecule has 0 saturated carbocycles. The van der Waals surface area contributed by atoms with Gasteiger partial charge in [0, 0.05) is 24.3 Å². The van der Waals surface area contributed by atoms with Gasteiger partial charge in [-0.1, -0.05) is 6.92 Å². The first-order chi connectivity index (χ1) is 11.5. The number of likely N-dealkylation sites (tertiary alicyclic amines) is 1. The zero-order chi connectivity index (χ0) is 17.1. The van der Waals surface area contributed by atoms with E-state index in [-0.39, 0.29) is 17.6 Å². The molecule has 126 valence electrons. The van der Waals surface area contributed by atoms with Crippen LogP contribution in [0.4, 0.5) is 5.69 Å². The minimum Gasteiger partial charge on any atom is -0.444 e. The first-order valence-corrected chi connectivity index (χ1v) is 8.78. The van der Waals surface area contributed by atoms with E-state index in [1.54, 1.807) is 36.4 Å². The van der Waals surface area contributed by atoms with E-state index < -0.39 is 0 Å². The molecule has 24 heavy (non-hydrogen) atoms. The molecule has 0 aliphatic carbocycles. The summed E-state index contributed by atoms with van der Waals surface area (Å²) in [6.45, 7) is 3.84. The van der Waals surface area contributed by atoms with Crippen LogP contribution < -0.4 is 5.32 Å². The number of halogens is 1. The van der Waals surface area contributed by atoms with Crippen LogP contribution in [0.15, 0.2) is 45.5 Å². The van der Waals surface area contributed by atoms with Crippen LogP contribution in [0, 0.1) is 5.92 Å². The molecule has 0 unspecified atom stereocenters. The molecule has 3 rings (SSSR count). The lowest BCUT2D eigenvalue weighted by atomic mass is 9.98. The number of piperidine rings is 1. The van der Waals surface area contributed by atoms with Crippen LogP contribution in [-0.2, 0) is 0 Å². The lowest BCUT2D eigenvalue weighted by Gasteiger charge is -2.30. The Kier molecular flexibility index (Phi) is 5.04. The maximum Gasteiger partial charge on any atom is 0.291 e. The van der Waals surface area contributed by atoms with Crippen LogP contribution in [0.5, 0.6) is 0 Å². The molecule has 1 saturated heterocycles. The molecular formula is C18H19BrN2O3. The highest BCUT2D eigenvalue weighted by atomic mass is 79.9. The van der Waals surface area contributed by atoms with Crippen molar-refractivity contribution in [1.82, 2.24) is 4.90 Å². The fourth-order valence-electron chi connectivity index (χ4n) is 2.72. The summed E-state index contributed by atoms with van der Waals surface area (Å²) in [7, 11) is 0. The minimum atomic E-state index is -0.329. The summed E-state index contributed by atoms with van der Waals surface area (Å²) in [6.07, 6.45) is 2.11. The minimum absolute atomic E-state index is 0.0507. The van der Waals surface area contributed by atoms with Gasteiger partial charge in [-0.2, -0.15) is 0 Å². The van der Waals surface area contributed by atoms with Gasteiger partial charge in [0.2, 0.25) is 0 Å². The number of anilines is 1. The number of amides is 2. The number of nitrogens with one attached hydrogen (secondary N) is 1. The molecule has 5 nitrogen and oxygen atoms in total. The first kappa shape index (κ1) is 16.8. The van der Waals surface area contributed by atoms with Crippen molar-refractivity contribution < 1.29 is 14.0 Å². The summed E-state index contributed by atoms with van der Waals surface area (Å²) >= 11 is 3.16. The average molecular weight is 391 g/mol. The van der Waals surface area contributed by atoms with Crippen LogP contribution in [0.1, 0.15) is 40.7 Å². The summed E-state index contributed by atoms with van der Waals surface area (Å²) in [4.78, 5) is 26.4. The monoisotopic (exact) mass is 390 g/mol. The van der Waals surface area contributed by atoms with Crippen LogP contribution >= 0.6 is 15.9 Å². The highest BCUT2D eigenvalue weighted by Gasteiger charge is 2.21. The fourth-order valence-corrected chi connectivity index (χ4v) is 3.03. The molecule has 6 heteroatoms. The van der Waals surface area contributed by atoms with Gasteiger partial charge in [0.05, 0.1) is 0 Å². The Bertz CT molecular complexity index is 731. The van der Waals surface area contributed by atoms with E-state index in [1.807, 2.05) is 4.90 Å². The quantitative estimate of drug-likeness (QED) is 0.855. The number of benzene rings is 1. The highest BCUT2D eigenvalue weighted by Crippen LogP contribution is 2.20. The predicted molar refractivity (Wildman–Crippen MR) is 95.1 cm³/mol. The van der Waals surface area contributed by atoms with Crippen molar-refractivity contribution in [3.05, 3.63) is 52.4 Å². The van der Waals surface area contributed by atoms with Gasteiger partial charge in [-0.25, -0.2) is 0 Å². The number of nitrogens with zero attached hydrogens (tertiary/aromatic N) is 1. The second kappa shape index (κ2) is 7.21. The number of carbonyl (C=O) groups is 2. The standard InChI is InChI=1S/C18H19BrN2O3/c1-12-8-10-21(11-9-12)18(23)13-2-4-14(5-3-13)20-17(22)15-6-7-16(19)24-15/h2-7,12H,8-11H2,1H3,(H,20,22). The maximum atomic E-state index is 12.5. The van der Waals surface area contributed by atoms with Gasteiger partial charge in [0.1, 0.15) is 0 Å². The summed E-state index contributed by atoms with van der Waals surface area (Å²) in [6, 6.07) is 10.2. The van der Waals surface area contributed by atoms with Crippen molar-refractivity contribution in [3.8, 4) is 0 Å². The molecule has 1 aliphatic rings. The van der Waals surface area contributed by atoms with Gasteiger partial charge in [-0.3, -0.25) is 9.59 Å². The molecule has 1 aromatic carbocycles. The average Bonchev–Trinajstić information content (AvgIpc) is 3.02. The third-order valence-electron chi connectivity index (χ3n) is 4.26. The summed E-state index contributed by atoms with van der Waals surface area (Å²) in [5.41, 5.74) is 1.26. The number of carbonyl (C=O) groups excluding carboxylic acids is 2. The molecule has 0 bridgehead atoms. The Morgan fingerprint density at radius 2 is 1.79 bits per heavy atom. The highest BCUT2D eigenvalue weighted by molar-refractivity contribution is 9.10. The molecule has 1 N–H and O–H groups in total. The molecule has 2 amide bonds. The zero-order valence-electron chi connectivity index (χ0n) is 13.4. The molecule has 1 fully saturated rings. The van der Waals surface area contributed by atoms with E-state index in [2.05, 4.69) is 28.2 Å². The molecule has 0 radical (unpaired) electrons. The molecule has 1 aliphatic heterocycles. The summed E-state index contributed by atoms with van der Waals surface area (Å²) in [5.74, 6) is 0.636. The smallest absolute Gasteiger partial charge is 0.291 e. The van der Waals surface area contributed by atoms with Crippen molar-refractivity contribution in [1.29, 1.82) is 0 Å². The third-order valence-corrected chi connectivity index (χ3v) is 4.68. The largest absolute Gasteiger partial charge is 0.444 e. The predicted octanol–water partition coefficient (Wildman–Crippen LogP) is 4.17. The number of furan rings is 1. The van der Waals surface area contributed by atoms with E-state index in [0.717, 1.165) is 25.9 Å². The van der Waals surface area contributed by atoms with Crippen LogP contribution in [0.2, 0.25) is 0 Å². The van der Waals surface area contributed by atoms with Gasteiger partial charge >= 0.3 is 0 Å². The normalized spacial score (nSPS) is 15.3. The zero-order valence-corrected chi connectivity index (χ0v) is 15.0. The molecular weight excluding hydrogens is 372 g/mol. The second-order valence-corrected chi connectivity index (χ2v) is 6.89. The Balaban J connectivity index is 1.62. The number of hydrogen-bond donors (Lipinski definition) is 1. The molecule has 2 heterocycles. The summed E-state index contributed by atoms with van der Waals surface area (Å²) < 4.78 is 5.72. The SMILES string of the molecule is CC1CCN(C(=O)c2ccc(NC(=O)c3ccc(Br)o3)cc2)CC1. The van der Waals surface area contributed by atoms with E-state index in [9.17, 15) is 9.59 Å². The molecule has 1 aromatic heterocycles. The van der Waals surface area contributed by atoms with E-state index >= 15 is 0 Å². The van der Waals surface area contributed by atoms with E-state index in [4.69, 9.17) is 4.42 Å². The maximum absolute atomic E-state index is 12.5. The van der Waals surface area contributed by atoms with Crippen molar-refractivity contribution in [2.24, 2.45) is 5.92 Å². The lowest BCUT2D eigenvalue weighted by Crippen LogP contribution is -2.37. The van der Waals surface area contributed by atoms with Gasteiger partial charge in [0.25, 0.3) is 11.8 Å². The molecule has 2 aromatic rings. The Hall–Kier alpha value is -2.08. The van der Waals surface area contributed by atoms with Crippen molar-refractivity contribution in [2.45, 2.75) is 19.8 Å². The van der Waals surface area contributed by atoms with Gasteiger partial charge in [-0.15, -0.1) is 0 Å². The topological polar surface area (TPSA) is 62.6 Å².